The van der Waals surface area contributed by atoms with Gasteiger partial charge < -0.3 is 57.9 Å². The van der Waals surface area contributed by atoms with E-state index in [4.69, 9.17) is 5.73 Å². The number of fused-ring (bicyclic) bond motifs is 1. The first kappa shape index (κ1) is 46.3. The SMILES string of the molecule is CC1NC(=O)C(CC(=O)O)NC(=O)CNC(=O)C(CNC(=O)C2CCNCC2)NC(=O)CCSSCC(C(N)=O)NC(=O)C(C)N(CCc2c[nH]c3ccccc23)C1=O. The summed E-state index contributed by atoms with van der Waals surface area (Å²) in [5.41, 5.74) is 7.33. The number of hydrogen-bond donors (Lipinski definition) is 10. The number of para-hydroxylation sites is 1. The maximum Gasteiger partial charge on any atom is 0.305 e. The standard InChI is InChI=1S/C37H52N10O10S2/c1-20-37(57)47(13-9-23-16-40-25-6-4-3-5-24(23)25)21(2)33(53)46-28(32(38)52)19-59-58-14-10-29(48)45-27(17-41-34(54)22-7-11-39-12-8-22)35(55)42-18-30(49)44-26(15-31(50)51)36(56)43-20/h3-6,16,20-22,26-28,39-40H,7-15,17-19H2,1-2H3,(H2,38,52)(H,41,54)(H,42,55)(H,43,56)(H,44,49)(H,45,48)(H,46,53)(H,50,51). The van der Waals surface area contributed by atoms with Gasteiger partial charge in [0.2, 0.25) is 47.3 Å². The number of piperidine rings is 1. The average Bonchev–Trinajstić information content (AvgIpc) is 3.62. The Morgan fingerprint density at radius 1 is 0.898 bits per heavy atom. The lowest BCUT2D eigenvalue weighted by Crippen LogP contribution is -2.59. The number of carbonyl (C=O) groups excluding carboxylic acids is 8. The minimum absolute atomic E-state index is 0.00949. The zero-order valence-corrected chi connectivity index (χ0v) is 34.4. The van der Waals surface area contributed by atoms with Gasteiger partial charge in [0.05, 0.1) is 13.0 Å². The van der Waals surface area contributed by atoms with Gasteiger partial charge in [-0.2, -0.15) is 0 Å². The molecule has 0 radical (unpaired) electrons. The van der Waals surface area contributed by atoms with Crippen LogP contribution < -0.4 is 43.0 Å². The minimum atomic E-state index is -1.69. The molecule has 2 aliphatic heterocycles. The van der Waals surface area contributed by atoms with E-state index < -0.39 is 90.5 Å². The second-order valence-corrected chi connectivity index (χ2v) is 16.8. The number of rotatable bonds is 9. The van der Waals surface area contributed by atoms with Crippen molar-refractivity contribution in [2.45, 2.75) is 76.2 Å². The molecule has 22 heteroatoms. The third kappa shape index (κ3) is 14.2. The van der Waals surface area contributed by atoms with Crippen molar-refractivity contribution in [1.29, 1.82) is 0 Å². The summed E-state index contributed by atoms with van der Waals surface area (Å²) in [5, 5.41) is 28.5. The fourth-order valence-electron chi connectivity index (χ4n) is 6.46. The third-order valence-electron chi connectivity index (χ3n) is 9.84. The van der Waals surface area contributed by atoms with Crippen LogP contribution in [-0.4, -0.2) is 143 Å². The fourth-order valence-corrected chi connectivity index (χ4v) is 8.63. The second kappa shape index (κ2) is 22.7. The number of H-pyrrole nitrogens is 1. The van der Waals surface area contributed by atoms with Crippen LogP contribution in [0.5, 0.6) is 0 Å². The van der Waals surface area contributed by atoms with Crippen molar-refractivity contribution in [3.8, 4) is 0 Å². The highest BCUT2D eigenvalue weighted by Crippen LogP contribution is 2.23. The maximum atomic E-state index is 14.0. The number of nitrogens with one attached hydrogen (secondary N) is 8. The number of aromatic amines is 1. The summed E-state index contributed by atoms with van der Waals surface area (Å²) >= 11 is 0. The molecule has 1 aromatic carbocycles. The lowest BCUT2D eigenvalue weighted by atomic mass is 9.97. The molecule has 1 aromatic heterocycles. The minimum Gasteiger partial charge on any atom is -0.481 e. The number of aromatic nitrogens is 1. The molecule has 322 valence electrons. The number of nitrogens with zero attached hydrogens (tertiary/aromatic N) is 1. The zero-order valence-electron chi connectivity index (χ0n) is 32.8. The van der Waals surface area contributed by atoms with Gasteiger partial charge in [0.25, 0.3) is 0 Å². The van der Waals surface area contributed by atoms with Crippen molar-refractivity contribution < 1.29 is 48.3 Å². The van der Waals surface area contributed by atoms with Crippen LogP contribution in [0.15, 0.2) is 30.5 Å². The van der Waals surface area contributed by atoms with Gasteiger partial charge in [0.1, 0.15) is 30.2 Å². The van der Waals surface area contributed by atoms with E-state index >= 15 is 0 Å². The van der Waals surface area contributed by atoms with Crippen molar-refractivity contribution >= 4 is 85.7 Å². The average molecular weight is 861 g/mol. The van der Waals surface area contributed by atoms with Gasteiger partial charge >= 0.3 is 5.97 Å². The lowest BCUT2D eigenvalue weighted by molar-refractivity contribution is -0.144. The summed E-state index contributed by atoms with van der Waals surface area (Å²) in [6.07, 6.45) is 2.26. The van der Waals surface area contributed by atoms with Crippen molar-refractivity contribution in [2.24, 2.45) is 11.7 Å². The number of primary amides is 1. The van der Waals surface area contributed by atoms with E-state index in [1.165, 1.54) is 29.5 Å². The van der Waals surface area contributed by atoms with Crippen LogP contribution in [-0.2, 0) is 49.6 Å². The molecular formula is C37H52N10O10S2. The summed E-state index contributed by atoms with van der Waals surface area (Å²) in [6, 6.07) is 0.805. The molecule has 0 saturated carbocycles. The first-order valence-electron chi connectivity index (χ1n) is 19.2. The number of carboxylic acid groups (broad SMARTS) is 1. The van der Waals surface area contributed by atoms with Crippen molar-refractivity contribution in [3.63, 3.8) is 0 Å². The lowest BCUT2D eigenvalue weighted by Gasteiger charge is -2.32. The summed E-state index contributed by atoms with van der Waals surface area (Å²) in [4.78, 5) is 122. The predicted octanol–water partition coefficient (Wildman–Crippen LogP) is -2.14. The third-order valence-corrected chi connectivity index (χ3v) is 12.3. The van der Waals surface area contributed by atoms with Crippen LogP contribution >= 0.6 is 21.6 Å². The number of nitrogens with two attached hydrogens (primary N) is 1. The van der Waals surface area contributed by atoms with Gasteiger partial charge in [0, 0.05) is 54.0 Å². The van der Waals surface area contributed by atoms with E-state index in [9.17, 15) is 48.3 Å². The highest BCUT2D eigenvalue weighted by molar-refractivity contribution is 8.76. The Kier molecular flexibility index (Phi) is 17.8. The van der Waals surface area contributed by atoms with Gasteiger partial charge in [-0.1, -0.05) is 39.8 Å². The molecule has 3 heterocycles. The van der Waals surface area contributed by atoms with Crippen molar-refractivity contribution in [2.75, 3.05) is 44.2 Å². The Hall–Kier alpha value is -5.35. The van der Waals surface area contributed by atoms with Gasteiger partial charge in [-0.3, -0.25) is 43.2 Å². The molecule has 0 spiro atoms. The Labute approximate surface area is 348 Å². The van der Waals surface area contributed by atoms with E-state index in [0.717, 1.165) is 27.3 Å². The molecule has 0 bridgehead atoms. The molecule has 2 saturated heterocycles. The molecular weight excluding hydrogens is 809 g/mol. The number of carbonyl (C=O) groups is 9. The molecule has 2 aliphatic rings. The van der Waals surface area contributed by atoms with Crippen LogP contribution in [0.4, 0.5) is 0 Å². The molecule has 8 amide bonds. The first-order valence-corrected chi connectivity index (χ1v) is 21.7. The summed E-state index contributed by atoms with van der Waals surface area (Å²) in [6.45, 7) is 3.05. The smallest absolute Gasteiger partial charge is 0.305 e. The number of carboxylic acids is 1. The molecule has 4 rings (SSSR count). The monoisotopic (exact) mass is 860 g/mol. The molecule has 0 aliphatic carbocycles. The summed E-state index contributed by atoms with van der Waals surface area (Å²) < 4.78 is 0. The largest absolute Gasteiger partial charge is 0.481 e. The van der Waals surface area contributed by atoms with Gasteiger partial charge in [-0.05, 0) is 57.8 Å². The van der Waals surface area contributed by atoms with Crippen molar-refractivity contribution in [3.05, 3.63) is 36.0 Å². The molecule has 5 unspecified atom stereocenters. The van der Waals surface area contributed by atoms with Crippen molar-refractivity contribution in [1.82, 2.24) is 47.1 Å². The Bertz CT molecular complexity index is 1870. The second-order valence-electron chi connectivity index (χ2n) is 14.2. The summed E-state index contributed by atoms with van der Waals surface area (Å²) in [7, 11) is 2.37. The van der Waals surface area contributed by atoms with E-state index in [0.29, 0.717) is 25.9 Å². The first-order chi connectivity index (χ1) is 28.1. The van der Waals surface area contributed by atoms with Crippen LogP contribution in [0.1, 0.15) is 45.1 Å². The quantitative estimate of drug-likeness (QED) is 0.121. The van der Waals surface area contributed by atoms with Crippen LogP contribution in [0.3, 0.4) is 0 Å². The number of benzene rings is 1. The summed E-state index contributed by atoms with van der Waals surface area (Å²) in [5.74, 6) is -7.48. The van der Waals surface area contributed by atoms with E-state index in [1.54, 1.807) is 6.20 Å². The fraction of sp³-hybridized carbons (Fsp3) is 0.541. The van der Waals surface area contributed by atoms with Crippen LogP contribution in [0, 0.1) is 5.92 Å². The zero-order chi connectivity index (χ0) is 43.1. The number of aliphatic carboxylic acids is 1. The van der Waals surface area contributed by atoms with Gasteiger partial charge in [-0.15, -0.1) is 0 Å². The van der Waals surface area contributed by atoms with Crippen LogP contribution in [0.2, 0.25) is 0 Å². The predicted molar refractivity (Wildman–Crippen MR) is 219 cm³/mol. The van der Waals surface area contributed by atoms with E-state index in [2.05, 4.69) is 42.2 Å². The topological polar surface area (TPSA) is 303 Å². The normalized spacial score (nSPS) is 24.2. The molecule has 59 heavy (non-hydrogen) atoms. The highest BCUT2D eigenvalue weighted by Gasteiger charge is 2.34. The Morgan fingerprint density at radius 2 is 1.61 bits per heavy atom. The molecule has 5 atom stereocenters. The molecule has 20 nitrogen and oxygen atoms in total. The Morgan fingerprint density at radius 3 is 2.32 bits per heavy atom. The van der Waals surface area contributed by atoms with Gasteiger partial charge in [-0.25, -0.2) is 0 Å². The Balaban J connectivity index is 1.55. The van der Waals surface area contributed by atoms with E-state index in [-0.39, 0.29) is 49.3 Å². The molecule has 2 aromatic rings. The van der Waals surface area contributed by atoms with Crippen LogP contribution in [0.25, 0.3) is 10.9 Å². The molecule has 2 fully saturated rings. The molecule has 11 N–H and O–H groups in total. The number of amides is 8. The van der Waals surface area contributed by atoms with E-state index in [1.807, 2.05) is 24.3 Å². The maximum absolute atomic E-state index is 14.0. The number of hydrogen-bond acceptors (Lipinski definition) is 12. The van der Waals surface area contributed by atoms with Gasteiger partial charge in [0.15, 0.2) is 0 Å². The highest BCUT2D eigenvalue weighted by atomic mass is 33.1.